The highest BCUT2D eigenvalue weighted by molar-refractivity contribution is 6.39. The molecule has 0 aliphatic carbocycles. The summed E-state index contributed by atoms with van der Waals surface area (Å²) in [6.45, 7) is 1.99. The lowest BCUT2D eigenvalue weighted by molar-refractivity contribution is 0.310. The molecule has 2 aromatic heterocycles. The van der Waals surface area contributed by atoms with Crippen LogP contribution in [0.25, 0.3) is 21.9 Å². The van der Waals surface area contributed by atoms with Gasteiger partial charge in [-0.25, -0.2) is 9.78 Å². The van der Waals surface area contributed by atoms with Crippen LogP contribution in [-0.2, 0) is 6.61 Å². The van der Waals surface area contributed by atoms with Gasteiger partial charge in [-0.05, 0) is 37.3 Å². The van der Waals surface area contributed by atoms with Crippen LogP contribution in [0.3, 0.4) is 0 Å². The van der Waals surface area contributed by atoms with E-state index in [9.17, 15) is 4.79 Å². The highest BCUT2D eigenvalue weighted by atomic mass is 35.5. The lowest BCUT2D eigenvalue weighted by atomic mass is 10.1. The van der Waals surface area contributed by atoms with Crippen LogP contribution in [0, 0.1) is 6.92 Å². The number of methoxy groups -OCH3 is 1. The van der Waals surface area contributed by atoms with E-state index in [1.807, 2.05) is 25.1 Å². The Morgan fingerprint density at radius 3 is 2.61 bits per heavy atom. The third-order valence-corrected chi connectivity index (χ3v) is 4.98. The van der Waals surface area contributed by atoms with Gasteiger partial charge in [-0.15, -0.1) is 0 Å². The van der Waals surface area contributed by atoms with E-state index >= 15 is 0 Å². The minimum Gasteiger partial charge on any atom is -0.497 e. The minimum absolute atomic E-state index is 0.112. The van der Waals surface area contributed by atoms with Crippen LogP contribution in [-0.4, -0.2) is 12.1 Å². The molecule has 0 amide bonds. The first-order chi connectivity index (χ1) is 13.5. The third-order valence-electron chi connectivity index (χ3n) is 4.39. The maximum atomic E-state index is 12.0. The molecule has 142 valence electrons. The van der Waals surface area contributed by atoms with Gasteiger partial charge in [0.2, 0.25) is 0 Å². The second kappa shape index (κ2) is 7.34. The van der Waals surface area contributed by atoms with Gasteiger partial charge >= 0.3 is 5.63 Å². The molecule has 4 aromatic rings. The molecular formula is C21H15Cl2NO4. The Kier molecular flexibility index (Phi) is 4.87. The van der Waals surface area contributed by atoms with E-state index in [0.29, 0.717) is 38.2 Å². The summed E-state index contributed by atoms with van der Waals surface area (Å²) in [7, 11) is 1.55. The van der Waals surface area contributed by atoms with Gasteiger partial charge in [-0.2, -0.15) is 0 Å². The molecule has 0 N–H and O–H groups in total. The highest BCUT2D eigenvalue weighted by Crippen LogP contribution is 2.38. The number of aromatic nitrogens is 1. The predicted molar refractivity (Wildman–Crippen MR) is 110 cm³/mol. The van der Waals surface area contributed by atoms with E-state index in [-0.39, 0.29) is 6.61 Å². The van der Waals surface area contributed by atoms with Crippen LogP contribution in [0.5, 0.6) is 11.5 Å². The highest BCUT2D eigenvalue weighted by Gasteiger charge is 2.15. The number of hydrogen-bond acceptors (Lipinski definition) is 5. The topological polar surface area (TPSA) is 61.6 Å². The molecule has 0 aliphatic rings. The van der Waals surface area contributed by atoms with Crippen LogP contribution in [0.2, 0.25) is 10.0 Å². The Bertz CT molecular complexity index is 1270. The van der Waals surface area contributed by atoms with Crippen LogP contribution in [0.1, 0.15) is 11.3 Å². The third kappa shape index (κ3) is 3.39. The summed E-state index contributed by atoms with van der Waals surface area (Å²) in [5.41, 5.74) is 2.01. The molecule has 0 fully saturated rings. The van der Waals surface area contributed by atoms with Crippen molar-refractivity contribution >= 4 is 45.1 Å². The summed E-state index contributed by atoms with van der Waals surface area (Å²) in [5, 5.41) is 2.34. The van der Waals surface area contributed by atoms with E-state index in [4.69, 9.17) is 37.1 Å². The summed E-state index contributed by atoms with van der Waals surface area (Å²) in [5.74, 6) is 1.01. The van der Waals surface area contributed by atoms with E-state index in [2.05, 4.69) is 4.98 Å². The van der Waals surface area contributed by atoms with Crippen LogP contribution >= 0.6 is 23.2 Å². The monoisotopic (exact) mass is 415 g/mol. The van der Waals surface area contributed by atoms with Gasteiger partial charge < -0.3 is 13.9 Å². The lowest BCUT2D eigenvalue weighted by Crippen LogP contribution is -2.05. The van der Waals surface area contributed by atoms with Gasteiger partial charge in [0.25, 0.3) is 0 Å². The van der Waals surface area contributed by atoms with Crippen molar-refractivity contribution in [2.45, 2.75) is 13.5 Å². The van der Waals surface area contributed by atoms with Gasteiger partial charge in [0.05, 0.1) is 17.2 Å². The molecule has 5 nitrogen and oxygen atoms in total. The minimum atomic E-state index is -0.472. The van der Waals surface area contributed by atoms with Crippen molar-refractivity contribution in [3.63, 3.8) is 0 Å². The Morgan fingerprint density at radius 2 is 1.82 bits per heavy atom. The zero-order chi connectivity index (χ0) is 19.8. The first-order valence-corrected chi connectivity index (χ1v) is 9.21. The Labute approximate surface area is 170 Å². The number of pyridine rings is 1. The maximum Gasteiger partial charge on any atom is 0.336 e. The Morgan fingerprint density at radius 1 is 1.04 bits per heavy atom. The van der Waals surface area contributed by atoms with Crippen molar-refractivity contribution < 1.29 is 13.9 Å². The van der Waals surface area contributed by atoms with Crippen molar-refractivity contribution in [3.8, 4) is 11.5 Å². The van der Waals surface area contributed by atoms with Gasteiger partial charge in [-0.3, -0.25) is 0 Å². The van der Waals surface area contributed by atoms with E-state index in [0.717, 1.165) is 16.5 Å². The number of aryl methyl sites for hydroxylation is 1. The van der Waals surface area contributed by atoms with Crippen LogP contribution in [0.4, 0.5) is 0 Å². The van der Waals surface area contributed by atoms with Gasteiger partial charge in [-0.1, -0.05) is 23.2 Å². The maximum absolute atomic E-state index is 12.0. The second-order valence-electron chi connectivity index (χ2n) is 6.26. The molecule has 28 heavy (non-hydrogen) atoms. The average molecular weight is 416 g/mol. The van der Waals surface area contributed by atoms with Crippen molar-refractivity contribution in [1.82, 2.24) is 4.98 Å². The molecule has 0 saturated carbocycles. The smallest absolute Gasteiger partial charge is 0.336 e. The first-order valence-electron chi connectivity index (χ1n) is 8.45. The van der Waals surface area contributed by atoms with Crippen molar-refractivity contribution in [1.29, 1.82) is 0 Å². The fourth-order valence-corrected chi connectivity index (χ4v) is 3.60. The molecule has 0 radical (unpaired) electrons. The first kappa shape index (κ1) is 18.6. The number of nitrogens with zero attached hydrogens (tertiary/aromatic N) is 1. The molecule has 0 saturated heterocycles. The second-order valence-corrected chi connectivity index (χ2v) is 7.07. The van der Waals surface area contributed by atoms with E-state index < -0.39 is 5.63 Å². The average Bonchev–Trinajstić information content (AvgIpc) is 2.66. The van der Waals surface area contributed by atoms with Gasteiger partial charge in [0.15, 0.2) is 5.75 Å². The van der Waals surface area contributed by atoms with E-state index in [1.54, 1.807) is 25.3 Å². The fraction of sp³-hybridized carbons (Fsp3) is 0.143. The zero-order valence-electron chi connectivity index (χ0n) is 15.1. The number of hydrogen-bond donors (Lipinski definition) is 0. The number of benzene rings is 2. The molecule has 2 aromatic carbocycles. The quantitative estimate of drug-likeness (QED) is 0.409. The van der Waals surface area contributed by atoms with Crippen molar-refractivity contribution in [2.75, 3.05) is 7.11 Å². The number of halogens is 2. The largest absolute Gasteiger partial charge is 0.497 e. The number of ether oxygens (including phenoxy) is 2. The van der Waals surface area contributed by atoms with Crippen LogP contribution in [0.15, 0.2) is 51.7 Å². The molecule has 0 aliphatic heterocycles. The summed E-state index contributed by atoms with van der Waals surface area (Å²) >= 11 is 12.7. The fourth-order valence-electron chi connectivity index (χ4n) is 3.03. The van der Waals surface area contributed by atoms with Gasteiger partial charge in [0, 0.05) is 34.2 Å². The summed E-state index contributed by atoms with van der Waals surface area (Å²) in [6.07, 6.45) is 0. The normalized spacial score (nSPS) is 11.1. The van der Waals surface area contributed by atoms with Crippen LogP contribution < -0.4 is 15.1 Å². The summed E-state index contributed by atoms with van der Waals surface area (Å²) < 4.78 is 16.5. The van der Waals surface area contributed by atoms with E-state index in [1.165, 1.54) is 6.07 Å². The number of fused-ring (bicyclic) bond motifs is 2. The molecule has 2 heterocycles. The molecule has 7 heteroatoms. The molecule has 0 unspecified atom stereocenters. The molecule has 0 atom stereocenters. The SMILES string of the molecule is COc1ccc2c(COc3c(Cl)cc(Cl)c4ccc(C)nc34)cc(=O)oc2c1. The zero-order valence-corrected chi connectivity index (χ0v) is 16.6. The lowest BCUT2D eigenvalue weighted by Gasteiger charge is -2.13. The Hall–Kier alpha value is -2.76. The van der Waals surface area contributed by atoms with Gasteiger partial charge in [0.1, 0.15) is 23.5 Å². The summed E-state index contributed by atoms with van der Waals surface area (Å²) in [6, 6.07) is 12.0. The predicted octanol–water partition coefficient (Wildman–Crippen LogP) is 5.54. The molecule has 4 rings (SSSR count). The standard InChI is InChI=1S/C21H15Cl2NO4/c1-11-3-5-15-16(22)9-17(23)21(20(15)24-11)27-10-12-7-19(25)28-18-8-13(26-2)4-6-14(12)18/h3-9H,10H2,1-2H3. The van der Waals surface area contributed by atoms with Crippen molar-refractivity contribution in [3.05, 3.63) is 74.2 Å². The molecular weight excluding hydrogens is 401 g/mol. The molecule has 0 bridgehead atoms. The Balaban J connectivity index is 1.78. The summed E-state index contributed by atoms with van der Waals surface area (Å²) in [4.78, 5) is 16.5. The van der Waals surface area contributed by atoms with Crippen molar-refractivity contribution in [2.24, 2.45) is 0 Å². The molecule has 0 spiro atoms. The number of rotatable bonds is 4.